The van der Waals surface area contributed by atoms with Gasteiger partial charge in [-0.3, -0.25) is 0 Å². The molecule has 0 saturated carbocycles. The van der Waals surface area contributed by atoms with Crippen LogP contribution in [0.5, 0.6) is 0 Å². The third-order valence-electron chi connectivity index (χ3n) is 2.82. The Labute approximate surface area is 117 Å². The average Bonchev–Trinajstić information content (AvgIpc) is 2.88. The summed E-state index contributed by atoms with van der Waals surface area (Å²) in [6.45, 7) is 2.98. The molecule has 18 heavy (non-hydrogen) atoms. The number of alkyl halides is 1. The molecule has 2 nitrogen and oxygen atoms in total. The maximum Gasteiger partial charge on any atom is 0.128 e. The van der Waals surface area contributed by atoms with Crippen LogP contribution in [-0.4, -0.2) is 18.6 Å². The summed E-state index contributed by atoms with van der Waals surface area (Å²) in [7, 11) is 2.08. The minimum absolute atomic E-state index is 0.537. The van der Waals surface area contributed by atoms with Crippen molar-refractivity contribution in [1.82, 2.24) is 4.98 Å². The number of nitrogens with zero attached hydrogens (tertiary/aromatic N) is 2. The zero-order valence-corrected chi connectivity index (χ0v) is 12.3. The Balaban J connectivity index is 2.03. The molecule has 0 spiro atoms. The molecule has 0 N–H and O–H groups in total. The van der Waals surface area contributed by atoms with E-state index in [9.17, 15) is 0 Å². The standard InChI is InChI=1S/C14H17ClN2S/c1-11-8-12(10-15)9-14(16-11)17(2)6-5-13-4-3-7-18-13/h3-4,7-9H,5-6,10H2,1-2H3. The molecule has 4 heteroatoms. The van der Waals surface area contributed by atoms with Crippen molar-refractivity contribution in [2.45, 2.75) is 19.2 Å². The first-order valence-electron chi connectivity index (χ1n) is 5.96. The molecule has 0 unspecified atom stereocenters. The van der Waals surface area contributed by atoms with Gasteiger partial charge in [0.05, 0.1) is 0 Å². The zero-order chi connectivity index (χ0) is 13.0. The predicted molar refractivity (Wildman–Crippen MR) is 79.8 cm³/mol. The van der Waals surface area contributed by atoms with Crippen molar-refractivity contribution in [1.29, 1.82) is 0 Å². The number of aryl methyl sites for hydroxylation is 1. The molecular weight excluding hydrogens is 264 g/mol. The van der Waals surface area contributed by atoms with E-state index >= 15 is 0 Å². The fourth-order valence-electron chi connectivity index (χ4n) is 1.84. The lowest BCUT2D eigenvalue weighted by Gasteiger charge is -2.19. The molecule has 96 valence electrons. The normalized spacial score (nSPS) is 10.6. The molecule has 0 fully saturated rings. The fourth-order valence-corrected chi connectivity index (χ4v) is 2.69. The van der Waals surface area contributed by atoms with E-state index in [4.69, 9.17) is 11.6 Å². The van der Waals surface area contributed by atoms with E-state index in [-0.39, 0.29) is 0 Å². The molecule has 2 aromatic rings. The Morgan fingerprint density at radius 2 is 2.22 bits per heavy atom. The Kier molecular flexibility index (Phi) is 4.61. The van der Waals surface area contributed by atoms with Crippen LogP contribution in [0, 0.1) is 6.92 Å². The molecule has 0 bridgehead atoms. The van der Waals surface area contributed by atoms with Crippen LogP contribution in [-0.2, 0) is 12.3 Å². The predicted octanol–water partition coefficient (Wildman–Crippen LogP) is 3.87. The first-order valence-corrected chi connectivity index (χ1v) is 7.37. The van der Waals surface area contributed by atoms with Crippen LogP contribution in [0.3, 0.4) is 0 Å². The molecule has 0 aliphatic carbocycles. The topological polar surface area (TPSA) is 16.1 Å². The van der Waals surface area contributed by atoms with E-state index in [0.717, 1.165) is 30.0 Å². The van der Waals surface area contributed by atoms with Crippen molar-refractivity contribution < 1.29 is 0 Å². The Morgan fingerprint density at radius 3 is 2.89 bits per heavy atom. The summed E-state index contributed by atoms with van der Waals surface area (Å²) in [5.41, 5.74) is 2.15. The first-order chi connectivity index (χ1) is 8.69. The van der Waals surface area contributed by atoms with Crippen LogP contribution in [0.25, 0.3) is 0 Å². The van der Waals surface area contributed by atoms with Crippen LogP contribution in [0.1, 0.15) is 16.1 Å². The van der Waals surface area contributed by atoms with Crippen molar-refractivity contribution in [3.05, 3.63) is 45.8 Å². The number of thiophene rings is 1. The smallest absolute Gasteiger partial charge is 0.128 e. The number of pyridine rings is 1. The van der Waals surface area contributed by atoms with E-state index in [0.29, 0.717) is 5.88 Å². The lowest BCUT2D eigenvalue weighted by molar-refractivity contribution is 0.863. The van der Waals surface area contributed by atoms with Gasteiger partial charge in [0, 0.05) is 30.0 Å². The van der Waals surface area contributed by atoms with Crippen LogP contribution < -0.4 is 4.90 Å². The van der Waals surface area contributed by atoms with Crippen molar-refractivity contribution >= 4 is 28.8 Å². The van der Waals surface area contributed by atoms with Crippen LogP contribution in [0.2, 0.25) is 0 Å². The van der Waals surface area contributed by atoms with Gasteiger partial charge in [-0.05, 0) is 42.5 Å². The SMILES string of the molecule is Cc1cc(CCl)cc(N(C)CCc2cccs2)n1. The largest absolute Gasteiger partial charge is 0.359 e. The summed E-state index contributed by atoms with van der Waals surface area (Å²) < 4.78 is 0. The van der Waals surface area contributed by atoms with Crippen molar-refractivity contribution in [3.8, 4) is 0 Å². The number of aromatic nitrogens is 1. The van der Waals surface area contributed by atoms with Crippen LogP contribution in [0.15, 0.2) is 29.6 Å². The zero-order valence-electron chi connectivity index (χ0n) is 10.7. The number of rotatable bonds is 5. The van der Waals surface area contributed by atoms with E-state index in [1.807, 2.05) is 13.0 Å². The highest BCUT2D eigenvalue weighted by molar-refractivity contribution is 7.09. The highest BCUT2D eigenvalue weighted by Gasteiger charge is 2.05. The molecule has 2 rings (SSSR count). The average molecular weight is 281 g/mol. The van der Waals surface area contributed by atoms with Crippen molar-refractivity contribution in [3.63, 3.8) is 0 Å². The number of anilines is 1. The number of hydrogen-bond donors (Lipinski definition) is 0. The van der Waals surface area contributed by atoms with E-state index < -0.39 is 0 Å². The molecule has 0 aliphatic rings. The van der Waals surface area contributed by atoms with Gasteiger partial charge in [-0.1, -0.05) is 6.07 Å². The summed E-state index contributed by atoms with van der Waals surface area (Å²) in [4.78, 5) is 8.14. The quantitative estimate of drug-likeness (QED) is 0.773. The fraction of sp³-hybridized carbons (Fsp3) is 0.357. The minimum atomic E-state index is 0.537. The summed E-state index contributed by atoms with van der Waals surface area (Å²) >= 11 is 7.69. The van der Waals surface area contributed by atoms with E-state index in [1.54, 1.807) is 11.3 Å². The van der Waals surface area contributed by atoms with Gasteiger partial charge in [0.15, 0.2) is 0 Å². The third-order valence-corrected chi connectivity index (χ3v) is 4.06. The highest BCUT2D eigenvalue weighted by atomic mass is 35.5. The van der Waals surface area contributed by atoms with Crippen molar-refractivity contribution in [2.75, 3.05) is 18.5 Å². The van der Waals surface area contributed by atoms with Crippen LogP contribution in [0.4, 0.5) is 5.82 Å². The number of hydrogen-bond acceptors (Lipinski definition) is 3. The lowest BCUT2D eigenvalue weighted by atomic mass is 10.2. The van der Waals surface area contributed by atoms with Crippen molar-refractivity contribution in [2.24, 2.45) is 0 Å². The van der Waals surface area contributed by atoms with Gasteiger partial charge in [-0.25, -0.2) is 4.98 Å². The molecule has 0 aromatic carbocycles. The minimum Gasteiger partial charge on any atom is -0.359 e. The molecule has 0 saturated heterocycles. The molecule has 2 heterocycles. The highest BCUT2D eigenvalue weighted by Crippen LogP contribution is 2.17. The van der Waals surface area contributed by atoms with Gasteiger partial charge < -0.3 is 4.90 Å². The maximum atomic E-state index is 5.89. The Morgan fingerprint density at radius 1 is 1.39 bits per heavy atom. The van der Waals surface area contributed by atoms with Gasteiger partial charge >= 0.3 is 0 Å². The first kappa shape index (κ1) is 13.4. The number of likely N-dealkylation sites (N-methyl/N-ethyl adjacent to an activating group) is 1. The van der Waals surface area contributed by atoms with Gasteiger partial charge in [0.25, 0.3) is 0 Å². The summed E-state index contributed by atoms with van der Waals surface area (Å²) in [6.07, 6.45) is 1.06. The monoisotopic (exact) mass is 280 g/mol. The van der Waals surface area contributed by atoms with E-state index in [2.05, 4.69) is 40.5 Å². The maximum absolute atomic E-state index is 5.89. The number of halogens is 1. The van der Waals surface area contributed by atoms with Gasteiger partial charge in [-0.2, -0.15) is 0 Å². The molecule has 0 atom stereocenters. The third kappa shape index (κ3) is 3.47. The van der Waals surface area contributed by atoms with E-state index in [1.165, 1.54) is 4.88 Å². The van der Waals surface area contributed by atoms with Gasteiger partial charge in [0.1, 0.15) is 5.82 Å². The Bertz CT molecular complexity index is 497. The molecular formula is C14H17ClN2S. The lowest BCUT2D eigenvalue weighted by Crippen LogP contribution is -2.21. The second-order valence-corrected chi connectivity index (χ2v) is 5.66. The summed E-state index contributed by atoms with van der Waals surface area (Å²) in [5, 5.41) is 2.12. The second-order valence-electron chi connectivity index (χ2n) is 4.36. The molecule has 0 aliphatic heterocycles. The van der Waals surface area contributed by atoms with Gasteiger partial charge in [0.2, 0.25) is 0 Å². The molecule has 2 aromatic heterocycles. The van der Waals surface area contributed by atoms with Gasteiger partial charge in [-0.15, -0.1) is 22.9 Å². The summed E-state index contributed by atoms with van der Waals surface area (Å²) in [5.74, 6) is 1.54. The molecule has 0 amide bonds. The molecule has 0 radical (unpaired) electrons. The summed E-state index contributed by atoms with van der Waals surface area (Å²) in [6, 6.07) is 8.36. The Hall–Kier alpha value is -1.06. The van der Waals surface area contributed by atoms with Crippen LogP contribution >= 0.6 is 22.9 Å². The second kappa shape index (κ2) is 6.21.